The topological polar surface area (TPSA) is 24.5 Å². The summed E-state index contributed by atoms with van der Waals surface area (Å²) in [6.07, 6.45) is 11.3. The maximum atomic E-state index is 5.56. The van der Waals surface area contributed by atoms with Crippen LogP contribution in [0.4, 0.5) is 0 Å². The minimum absolute atomic E-state index is 0.528. The molecule has 2 heterocycles. The quantitative estimate of drug-likeness (QED) is 0.827. The van der Waals surface area contributed by atoms with Crippen molar-refractivity contribution in [2.75, 3.05) is 13.7 Å². The Morgan fingerprint density at radius 1 is 1.00 bits per heavy atom. The standard InChI is InChI=1S/C16H30N2O/c1-3-8-17-12-9-13-4-5-14(10-12)18(13)15-6-7-16(11-15)19-2/h12-17H,3-11H2,1-2H3. The van der Waals surface area contributed by atoms with Gasteiger partial charge in [-0.05, 0) is 57.9 Å². The van der Waals surface area contributed by atoms with Crippen LogP contribution in [0, 0.1) is 0 Å². The summed E-state index contributed by atoms with van der Waals surface area (Å²) in [4.78, 5) is 2.89. The number of rotatable bonds is 5. The first-order valence-electron chi connectivity index (χ1n) is 8.35. The second kappa shape index (κ2) is 6.11. The van der Waals surface area contributed by atoms with Crippen LogP contribution >= 0.6 is 0 Å². The SMILES string of the molecule is CCCNC1CC2CCC(C1)N2C1CCC(OC)C1. The molecule has 0 aromatic carbocycles. The number of fused-ring (bicyclic) bond motifs is 2. The summed E-state index contributed by atoms with van der Waals surface area (Å²) in [5, 5.41) is 3.75. The van der Waals surface area contributed by atoms with Crippen LogP contribution in [0.15, 0.2) is 0 Å². The van der Waals surface area contributed by atoms with Crippen molar-refractivity contribution in [3.05, 3.63) is 0 Å². The van der Waals surface area contributed by atoms with Gasteiger partial charge in [-0.2, -0.15) is 0 Å². The van der Waals surface area contributed by atoms with Gasteiger partial charge in [0.2, 0.25) is 0 Å². The smallest absolute Gasteiger partial charge is 0.0586 e. The van der Waals surface area contributed by atoms with Gasteiger partial charge in [0, 0.05) is 31.3 Å². The molecule has 1 N–H and O–H groups in total. The molecular weight excluding hydrogens is 236 g/mol. The number of nitrogens with one attached hydrogen (secondary N) is 1. The maximum Gasteiger partial charge on any atom is 0.0586 e. The minimum atomic E-state index is 0.528. The van der Waals surface area contributed by atoms with Gasteiger partial charge < -0.3 is 10.1 Å². The average Bonchev–Trinajstić information content (AvgIpc) is 2.99. The molecular formula is C16H30N2O. The van der Waals surface area contributed by atoms with Crippen LogP contribution in [0.1, 0.15) is 58.3 Å². The number of hydrogen-bond donors (Lipinski definition) is 1. The molecule has 0 radical (unpaired) electrons. The van der Waals surface area contributed by atoms with Crippen LogP contribution in [0.3, 0.4) is 0 Å². The van der Waals surface area contributed by atoms with Gasteiger partial charge in [-0.15, -0.1) is 0 Å². The van der Waals surface area contributed by atoms with E-state index in [0.717, 1.165) is 24.2 Å². The number of ether oxygens (including phenoxy) is 1. The van der Waals surface area contributed by atoms with Gasteiger partial charge in [0.05, 0.1) is 6.10 Å². The maximum absolute atomic E-state index is 5.56. The van der Waals surface area contributed by atoms with E-state index >= 15 is 0 Å². The highest BCUT2D eigenvalue weighted by atomic mass is 16.5. The first kappa shape index (κ1) is 13.8. The van der Waals surface area contributed by atoms with Crippen molar-refractivity contribution in [3.8, 4) is 0 Å². The van der Waals surface area contributed by atoms with Gasteiger partial charge in [-0.3, -0.25) is 4.90 Å². The third kappa shape index (κ3) is 2.84. The molecule has 0 aromatic heterocycles. The fourth-order valence-electron chi connectivity index (χ4n) is 4.73. The summed E-state index contributed by atoms with van der Waals surface area (Å²) in [5.74, 6) is 0. The van der Waals surface area contributed by atoms with Crippen LogP contribution in [0.5, 0.6) is 0 Å². The zero-order chi connectivity index (χ0) is 13.2. The second-order valence-corrected chi connectivity index (χ2v) is 6.78. The fourth-order valence-corrected chi connectivity index (χ4v) is 4.73. The summed E-state index contributed by atoms with van der Waals surface area (Å²) in [6, 6.07) is 3.31. The molecule has 110 valence electrons. The molecule has 2 aliphatic heterocycles. The Labute approximate surface area is 118 Å². The van der Waals surface area contributed by atoms with Gasteiger partial charge in [0.1, 0.15) is 0 Å². The summed E-state index contributed by atoms with van der Waals surface area (Å²) >= 11 is 0. The van der Waals surface area contributed by atoms with Crippen molar-refractivity contribution in [1.82, 2.24) is 10.2 Å². The normalized spacial score (nSPS) is 42.9. The van der Waals surface area contributed by atoms with E-state index in [0.29, 0.717) is 6.10 Å². The van der Waals surface area contributed by atoms with Crippen LogP contribution < -0.4 is 5.32 Å². The predicted octanol–water partition coefficient (Wildman–Crippen LogP) is 2.55. The highest BCUT2D eigenvalue weighted by Crippen LogP contribution is 2.41. The number of nitrogens with zero attached hydrogens (tertiary/aromatic N) is 1. The molecule has 19 heavy (non-hydrogen) atoms. The lowest BCUT2D eigenvalue weighted by Crippen LogP contribution is -2.52. The third-order valence-corrected chi connectivity index (χ3v) is 5.58. The van der Waals surface area contributed by atoms with Gasteiger partial charge >= 0.3 is 0 Å². The first-order valence-corrected chi connectivity index (χ1v) is 8.35. The molecule has 3 aliphatic rings. The highest BCUT2D eigenvalue weighted by Gasteiger charge is 2.45. The Bertz CT molecular complexity index is 282. The van der Waals surface area contributed by atoms with Crippen LogP contribution in [-0.2, 0) is 4.74 Å². The van der Waals surface area contributed by atoms with Crippen molar-refractivity contribution < 1.29 is 4.74 Å². The van der Waals surface area contributed by atoms with Crippen molar-refractivity contribution in [2.24, 2.45) is 0 Å². The van der Waals surface area contributed by atoms with Gasteiger partial charge in [-0.1, -0.05) is 6.92 Å². The molecule has 0 amide bonds. The van der Waals surface area contributed by atoms with E-state index in [9.17, 15) is 0 Å². The van der Waals surface area contributed by atoms with Crippen molar-refractivity contribution in [3.63, 3.8) is 0 Å². The predicted molar refractivity (Wildman–Crippen MR) is 78.4 cm³/mol. The minimum Gasteiger partial charge on any atom is -0.381 e. The van der Waals surface area contributed by atoms with E-state index in [4.69, 9.17) is 4.74 Å². The van der Waals surface area contributed by atoms with E-state index in [1.54, 1.807) is 0 Å². The Kier molecular flexibility index (Phi) is 4.45. The summed E-state index contributed by atoms with van der Waals surface area (Å²) in [7, 11) is 1.88. The fraction of sp³-hybridized carbons (Fsp3) is 1.00. The zero-order valence-electron chi connectivity index (χ0n) is 12.6. The number of piperidine rings is 1. The molecule has 4 atom stereocenters. The van der Waals surface area contributed by atoms with Gasteiger partial charge in [-0.25, -0.2) is 0 Å². The van der Waals surface area contributed by atoms with Crippen LogP contribution in [0.2, 0.25) is 0 Å². The third-order valence-electron chi connectivity index (χ3n) is 5.58. The lowest BCUT2D eigenvalue weighted by atomic mass is 9.94. The Morgan fingerprint density at radius 3 is 2.21 bits per heavy atom. The largest absolute Gasteiger partial charge is 0.381 e. The lowest BCUT2D eigenvalue weighted by Gasteiger charge is -2.43. The Balaban J connectivity index is 1.57. The molecule has 3 heteroatoms. The Hall–Kier alpha value is -0.120. The molecule has 3 fully saturated rings. The summed E-state index contributed by atoms with van der Waals surface area (Å²) < 4.78 is 5.56. The van der Waals surface area contributed by atoms with E-state index in [-0.39, 0.29) is 0 Å². The van der Waals surface area contributed by atoms with Crippen LogP contribution in [0.25, 0.3) is 0 Å². The van der Waals surface area contributed by atoms with E-state index in [1.165, 1.54) is 57.9 Å². The molecule has 3 rings (SSSR count). The van der Waals surface area contributed by atoms with E-state index < -0.39 is 0 Å². The molecule has 2 bridgehead atoms. The molecule has 1 aliphatic carbocycles. The molecule has 0 spiro atoms. The Morgan fingerprint density at radius 2 is 1.63 bits per heavy atom. The zero-order valence-corrected chi connectivity index (χ0v) is 12.6. The molecule has 3 nitrogen and oxygen atoms in total. The first-order chi connectivity index (χ1) is 9.31. The van der Waals surface area contributed by atoms with E-state index in [2.05, 4.69) is 17.1 Å². The number of methoxy groups -OCH3 is 1. The van der Waals surface area contributed by atoms with Crippen molar-refractivity contribution >= 4 is 0 Å². The van der Waals surface area contributed by atoms with E-state index in [1.807, 2.05) is 7.11 Å². The highest BCUT2D eigenvalue weighted by molar-refractivity contribution is 5.01. The summed E-state index contributed by atoms with van der Waals surface area (Å²) in [5.41, 5.74) is 0. The van der Waals surface area contributed by atoms with Crippen molar-refractivity contribution in [2.45, 2.75) is 88.6 Å². The molecule has 0 aromatic rings. The monoisotopic (exact) mass is 266 g/mol. The molecule has 4 unspecified atom stereocenters. The lowest BCUT2D eigenvalue weighted by molar-refractivity contribution is 0.0551. The van der Waals surface area contributed by atoms with Crippen LogP contribution in [-0.4, -0.2) is 48.8 Å². The summed E-state index contributed by atoms with van der Waals surface area (Å²) in [6.45, 7) is 3.46. The van der Waals surface area contributed by atoms with Gasteiger partial charge in [0.15, 0.2) is 0 Å². The van der Waals surface area contributed by atoms with Crippen molar-refractivity contribution in [1.29, 1.82) is 0 Å². The number of hydrogen-bond acceptors (Lipinski definition) is 3. The molecule has 2 saturated heterocycles. The average molecular weight is 266 g/mol. The second-order valence-electron chi connectivity index (χ2n) is 6.78. The molecule has 1 saturated carbocycles. The van der Waals surface area contributed by atoms with Gasteiger partial charge in [0.25, 0.3) is 0 Å².